The molecule has 0 spiro atoms. The highest BCUT2D eigenvalue weighted by Crippen LogP contribution is 2.26. The van der Waals surface area contributed by atoms with Crippen LogP contribution in [0.2, 0.25) is 0 Å². The van der Waals surface area contributed by atoms with Crippen LogP contribution in [0.25, 0.3) is 0 Å². The predicted molar refractivity (Wildman–Crippen MR) is 82.1 cm³/mol. The van der Waals surface area contributed by atoms with Gasteiger partial charge in [0.25, 0.3) is 0 Å². The molecular formula is C18H21NO. The van der Waals surface area contributed by atoms with Crippen LogP contribution in [0.3, 0.4) is 0 Å². The lowest BCUT2D eigenvalue weighted by atomic mass is 10.1. The van der Waals surface area contributed by atoms with E-state index in [9.17, 15) is 0 Å². The molecule has 0 amide bonds. The van der Waals surface area contributed by atoms with Gasteiger partial charge in [0.15, 0.2) is 0 Å². The van der Waals surface area contributed by atoms with Gasteiger partial charge in [-0.25, -0.2) is 0 Å². The molecule has 0 fully saturated rings. The molecule has 3 rings (SSSR count). The molecule has 1 N–H and O–H groups in total. The Balaban J connectivity index is 1.63. The molecule has 1 atom stereocenters. The first-order valence-corrected chi connectivity index (χ1v) is 7.27. The maximum atomic E-state index is 5.54. The Kier molecular flexibility index (Phi) is 3.75. The molecule has 1 aliphatic rings. The summed E-state index contributed by atoms with van der Waals surface area (Å²) in [5.41, 5.74) is 5.31. The molecule has 2 nitrogen and oxygen atoms in total. The first-order valence-electron chi connectivity index (χ1n) is 7.27. The minimum Gasteiger partial charge on any atom is -0.493 e. The Morgan fingerprint density at radius 2 is 1.95 bits per heavy atom. The second-order valence-electron chi connectivity index (χ2n) is 5.55. The van der Waals surface area contributed by atoms with Gasteiger partial charge in [-0.05, 0) is 36.6 Å². The molecule has 1 aliphatic heterocycles. The largest absolute Gasteiger partial charge is 0.493 e. The van der Waals surface area contributed by atoms with Gasteiger partial charge in [0.05, 0.1) is 6.61 Å². The molecule has 20 heavy (non-hydrogen) atoms. The van der Waals surface area contributed by atoms with Crippen molar-refractivity contribution in [2.45, 2.75) is 32.9 Å². The third kappa shape index (κ3) is 2.86. The fourth-order valence-electron chi connectivity index (χ4n) is 2.59. The van der Waals surface area contributed by atoms with Crippen LogP contribution in [-0.4, -0.2) is 6.61 Å². The van der Waals surface area contributed by atoms with Crippen molar-refractivity contribution in [2.24, 2.45) is 0 Å². The third-order valence-corrected chi connectivity index (χ3v) is 3.94. The monoisotopic (exact) mass is 267 g/mol. The standard InChI is InChI=1S/C18H21NO/c1-13-3-6-16(7-4-13)14(2)19-12-15-5-8-18-17(11-15)9-10-20-18/h3-8,11,14,19H,9-10,12H2,1-2H3. The van der Waals surface area contributed by atoms with Gasteiger partial charge in [-0.3, -0.25) is 0 Å². The fourth-order valence-corrected chi connectivity index (χ4v) is 2.59. The molecule has 0 saturated carbocycles. The number of aryl methyl sites for hydroxylation is 1. The van der Waals surface area contributed by atoms with Gasteiger partial charge in [-0.2, -0.15) is 0 Å². The summed E-state index contributed by atoms with van der Waals surface area (Å²) in [5.74, 6) is 1.06. The number of fused-ring (bicyclic) bond motifs is 1. The number of hydrogen-bond donors (Lipinski definition) is 1. The van der Waals surface area contributed by atoms with Gasteiger partial charge < -0.3 is 10.1 Å². The van der Waals surface area contributed by atoms with E-state index in [0.29, 0.717) is 6.04 Å². The minimum absolute atomic E-state index is 0.361. The Morgan fingerprint density at radius 3 is 2.75 bits per heavy atom. The fraction of sp³-hybridized carbons (Fsp3) is 0.333. The van der Waals surface area contributed by atoms with Gasteiger partial charge in [-0.1, -0.05) is 42.0 Å². The van der Waals surface area contributed by atoms with E-state index in [4.69, 9.17) is 4.74 Å². The van der Waals surface area contributed by atoms with Crippen LogP contribution in [0.1, 0.15) is 35.2 Å². The lowest BCUT2D eigenvalue weighted by molar-refractivity contribution is 0.357. The highest BCUT2D eigenvalue weighted by molar-refractivity contribution is 5.39. The van der Waals surface area contributed by atoms with E-state index in [1.165, 1.54) is 22.3 Å². The number of ether oxygens (including phenoxy) is 1. The van der Waals surface area contributed by atoms with Gasteiger partial charge >= 0.3 is 0 Å². The zero-order valence-electron chi connectivity index (χ0n) is 12.1. The smallest absolute Gasteiger partial charge is 0.122 e. The molecule has 0 aromatic heterocycles. The Hall–Kier alpha value is -1.80. The predicted octanol–water partition coefficient (Wildman–Crippen LogP) is 3.78. The molecule has 2 aromatic rings. The molecule has 1 heterocycles. The van der Waals surface area contributed by atoms with Crippen molar-refractivity contribution in [3.63, 3.8) is 0 Å². The minimum atomic E-state index is 0.361. The molecule has 2 aromatic carbocycles. The van der Waals surface area contributed by atoms with Crippen molar-refractivity contribution in [3.8, 4) is 5.75 Å². The van der Waals surface area contributed by atoms with Gasteiger partial charge in [-0.15, -0.1) is 0 Å². The maximum Gasteiger partial charge on any atom is 0.122 e. The number of rotatable bonds is 4. The first-order chi connectivity index (χ1) is 9.72. The van der Waals surface area contributed by atoms with Crippen LogP contribution in [0.15, 0.2) is 42.5 Å². The second-order valence-corrected chi connectivity index (χ2v) is 5.55. The van der Waals surface area contributed by atoms with Gasteiger partial charge in [0.1, 0.15) is 5.75 Å². The van der Waals surface area contributed by atoms with Crippen LogP contribution >= 0.6 is 0 Å². The summed E-state index contributed by atoms with van der Waals surface area (Å²) in [6, 6.07) is 15.6. The normalized spacial score (nSPS) is 14.7. The van der Waals surface area contributed by atoms with E-state index >= 15 is 0 Å². The van der Waals surface area contributed by atoms with Crippen molar-refractivity contribution in [1.82, 2.24) is 5.32 Å². The average molecular weight is 267 g/mol. The quantitative estimate of drug-likeness (QED) is 0.910. The Labute approximate surface area is 120 Å². The summed E-state index contributed by atoms with van der Waals surface area (Å²) >= 11 is 0. The van der Waals surface area contributed by atoms with Gasteiger partial charge in [0.2, 0.25) is 0 Å². The van der Waals surface area contributed by atoms with Crippen molar-refractivity contribution in [1.29, 1.82) is 0 Å². The Bertz CT molecular complexity index is 589. The maximum absolute atomic E-state index is 5.54. The lowest BCUT2D eigenvalue weighted by Gasteiger charge is -2.15. The zero-order valence-corrected chi connectivity index (χ0v) is 12.1. The van der Waals surface area contributed by atoms with Crippen molar-refractivity contribution in [3.05, 3.63) is 64.7 Å². The van der Waals surface area contributed by atoms with Crippen LogP contribution < -0.4 is 10.1 Å². The van der Waals surface area contributed by atoms with Crippen molar-refractivity contribution < 1.29 is 4.74 Å². The van der Waals surface area contributed by atoms with E-state index < -0.39 is 0 Å². The van der Waals surface area contributed by atoms with Gasteiger partial charge in [0, 0.05) is 19.0 Å². The van der Waals surface area contributed by atoms with Crippen LogP contribution in [0.4, 0.5) is 0 Å². The van der Waals surface area contributed by atoms with Crippen molar-refractivity contribution in [2.75, 3.05) is 6.61 Å². The number of hydrogen-bond acceptors (Lipinski definition) is 2. The topological polar surface area (TPSA) is 21.3 Å². The molecule has 104 valence electrons. The van der Waals surface area contributed by atoms with E-state index in [1.54, 1.807) is 0 Å². The molecule has 0 aliphatic carbocycles. The number of benzene rings is 2. The number of nitrogens with one attached hydrogen (secondary N) is 1. The molecular weight excluding hydrogens is 246 g/mol. The average Bonchev–Trinajstić information content (AvgIpc) is 2.93. The SMILES string of the molecule is Cc1ccc(C(C)NCc2ccc3c(c2)CCO3)cc1. The first kappa shape index (κ1) is 13.2. The van der Waals surface area contributed by atoms with Crippen LogP contribution in [0, 0.1) is 6.92 Å². The molecule has 0 saturated heterocycles. The van der Waals surface area contributed by atoms with E-state index in [2.05, 4.69) is 61.6 Å². The summed E-state index contributed by atoms with van der Waals surface area (Å²) in [7, 11) is 0. The molecule has 0 radical (unpaired) electrons. The molecule has 2 heteroatoms. The summed E-state index contributed by atoms with van der Waals surface area (Å²) < 4.78 is 5.54. The lowest BCUT2D eigenvalue weighted by Crippen LogP contribution is -2.18. The van der Waals surface area contributed by atoms with E-state index in [1.807, 2.05) is 0 Å². The van der Waals surface area contributed by atoms with Crippen molar-refractivity contribution >= 4 is 0 Å². The van der Waals surface area contributed by atoms with E-state index in [-0.39, 0.29) is 0 Å². The second kappa shape index (κ2) is 5.68. The third-order valence-electron chi connectivity index (χ3n) is 3.94. The van der Waals surface area contributed by atoms with E-state index in [0.717, 1.165) is 25.3 Å². The molecule has 1 unspecified atom stereocenters. The van der Waals surface area contributed by atoms with Crippen LogP contribution in [-0.2, 0) is 13.0 Å². The summed E-state index contributed by atoms with van der Waals surface area (Å²) in [6.07, 6.45) is 1.04. The zero-order chi connectivity index (χ0) is 13.9. The molecule has 0 bridgehead atoms. The summed E-state index contributed by atoms with van der Waals surface area (Å²) in [4.78, 5) is 0. The summed E-state index contributed by atoms with van der Waals surface area (Å²) in [6.45, 7) is 6.05. The highest BCUT2D eigenvalue weighted by Gasteiger charge is 2.12. The Morgan fingerprint density at radius 1 is 1.15 bits per heavy atom. The highest BCUT2D eigenvalue weighted by atomic mass is 16.5. The van der Waals surface area contributed by atoms with Crippen LogP contribution in [0.5, 0.6) is 5.75 Å². The summed E-state index contributed by atoms with van der Waals surface area (Å²) in [5, 5.41) is 3.59.